The summed E-state index contributed by atoms with van der Waals surface area (Å²) in [7, 11) is 0.798. The Morgan fingerprint density at radius 3 is 2.06 bits per heavy atom. The number of fused-ring (bicyclic) bond motifs is 15. The molecule has 0 saturated heterocycles. The summed E-state index contributed by atoms with van der Waals surface area (Å²) in [6, 6.07) is 51.7. The molecule has 1 N–H and O–H groups in total. The molecule has 0 bridgehead atoms. The molecule has 0 amide bonds. The molecule has 4 aromatic heterocycles. The highest BCUT2D eigenvalue weighted by molar-refractivity contribution is 7.25. The fraction of sp³-hybridized carbons (Fsp3) is 0.143. The predicted octanol–water partition coefficient (Wildman–Crippen LogP) is 14.7. The maximum atomic E-state index is 6.75. The average Bonchev–Trinajstić information content (AvgIpc) is 4.01. The number of thiophene rings is 1. The van der Waals surface area contributed by atoms with E-state index in [0.29, 0.717) is 0 Å². The van der Waals surface area contributed by atoms with E-state index in [1.165, 1.54) is 80.7 Å². The van der Waals surface area contributed by atoms with Gasteiger partial charge in [0, 0.05) is 75.6 Å². The van der Waals surface area contributed by atoms with Gasteiger partial charge in [0.25, 0.3) is 0 Å². The van der Waals surface area contributed by atoms with Crippen molar-refractivity contribution in [3.63, 3.8) is 0 Å². The largest absolute Gasteiger partial charge is 0.456 e. The Kier molecular flexibility index (Phi) is 7.21. The normalized spacial score (nSPS) is 13.1. The lowest BCUT2D eigenvalue weighted by molar-refractivity contribution is 0.587. The zero-order valence-corrected chi connectivity index (χ0v) is 36.5. The Bertz CT molecular complexity index is 3880. The topological polar surface area (TPSA) is 43.2 Å². The summed E-state index contributed by atoms with van der Waals surface area (Å²) in [6.45, 7) is 13.6. The number of hydrogen-bond acceptors (Lipinski definition) is 4. The minimum atomic E-state index is 0.00624. The van der Waals surface area contributed by atoms with Crippen LogP contribution in [0.4, 0.5) is 11.4 Å². The fourth-order valence-corrected chi connectivity index (χ4v) is 11.5. The van der Waals surface area contributed by atoms with Crippen molar-refractivity contribution in [3.05, 3.63) is 151 Å². The van der Waals surface area contributed by atoms with E-state index in [9.17, 15) is 0 Å². The Labute approximate surface area is 363 Å². The van der Waals surface area contributed by atoms with Gasteiger partial charge in [0.15, 0.2) is 7.28 Å². The van der Waals surface area contributed by atoms with Crippen molar-refractivity contribution in [2.75, 3.05) is 5.32 Å². The molecule has 0 unspecified atom stereocenters. The van der Waals surface area contributed by atoms with Crippen LogP contribution in [-0.4, -0.2) is 11.8 Å². The smallest absolute Gasteiger partial charge is 0.198 e. The van der Waals surface area contributed by atoms with Crippen LogP contribution in [0, 0.1) is 0 Å². The first-order valence-electron chi connectivity index (χ1n) is 21.7. The highest BCUT2D eigenvalue weighted by atomic mass is 32.1. The zero-order valence-electron chi connectivity index (χ0n) is 35.7. The molecule has 13 rings (SSSR count). The maximum Gasteiger partial charge on any atom is 0.198 e. The minimum Gasteiger partial charge on any atom is -0.456 e. The van der Waals surface area contributed by atoms with Crippen molar-refractivity contribution in [3.8, 4) is 16.8 Å². The summed E-state index contributed by atoms with van der Waals surface area (Å²) in [6.07, 6.45) is 0. The second-order valence-electron chi connectivity index (χ2n) is 19.4. The molecular weight excluding hydrogens is 776 g/mol. The maximum absolute atomic E-state index is 6.75. The van der Waals surface area contributed by atoms with Gasteiger partial charge in [-0.15, -0.1) is 11.3 Å². The standard InChI is InChI=1S/C56H43BN2O2S/c1-55(2,3)30-15-18-32(19-16-30)58-42-28-48-39(33-20-17-31(56(4,5)6)25-47(33)61-48)26-38(42)35-21-22-37-51-43(23-24-46-52(51)36-12-7-9-13-45(36)60-46)59-44-29-50-40(27-41(44)57-53(35)54(37)59)34-11-8-10-14-49(34)62-50/h7-29,57-58H,1-6H3. The summed E-state index contributed by atoms with van der Waals surface area (Å²) < 4.78 is 18.5. The molecule has 298 valence electrons. The van der Waals surface area contributed by atoms with Crippen molar-refractivity contribution in [1.82, 2.24) is 4.57 Å². The van der Waals surface area contributed by atoms with Crippen LogP contribution in [0.2, 0.25) is 0 Å². The molecule has 8 aromatic carbocycles. The third-order valence-electron chi connectivity index (χ3n) is 13.5. The number of aromatic nitrogens is 1. The number of hydrogen-bond donors (Lipinski definition) is 1. The van der Waals surface area contributed by atoms with Gasteiger partial charge in [-0.3, -0.25) is 0 Å². The summed E-state index contributed by atoms with van der Waals surface area (Å²) in [5.74, 6) is 0. The molecule has 62 heavy (non-hydrogen) atoms. The molecular formula is C56H43BN2O2S. The Morgan fingerprint density at radius 2 is 1.24 bits per heavy atom. The van der Waals surface area contributed by atoms with Crippen LogP contribution < -0.4 is 16.2 Å². The molecule has 12 aromatic rings. The SMILES string of the molecule is CC(C)(C)c1ccc(Nc2cc3oc4cc(C(C)(C)C)ccc4c3cc2-c2ccc3c4c5c(ccc4n4c3c2Bc2cc3c(cc2-4)sc2ccccc23)oc2ccccc25)cc1. The van der Waals surface area contributed by atoms with Crippen LogP contribution in [-0.2, 0) is 10.8 Å². The third kappa shape index (κ3) is 5.13. The summed E-state index contributed by atoms with van der Waals surface area (Å²) in [4.78, 5) is 0. The van der Waals surface area contributed by atoms with Crippen LogP contribution in [0.5, 0.6) is 0 Å². The number of nitrogens with zero attached hydrogens (tertiary/aromatic N) is 1. The van der Waals surface area contributed by atoms with Crippen molar-refractivity contribution in [1.29, 1.82) is 0 Å². The first-order chi connectivity index (χ1) is 30.0. The molecule has 6 heteroatoms. The molecule has 0 spiro atoms. The number of nitrogens with one attached hydrogen (secondary N) is 1. The van der Waals surface area contributed by atoms with E-state index in [2.05, 4.69) is 191 Å². The number of benzene rings is 8. The van der Waals surface area contributed by atoms with E-state index in [-0.39, 0.29) is 10.8 Å². The van der Waals surface area contributed by atoms with Crippen LogP contribution in [0.25, 0.3) is 103 Å². The first-order valence-corrected chi connectivity index (χ1v) is 22.5. The number of furan rings is 2. The molecule has 1 aliphatic rings. The van der Waals surface area contributed by atoms with Gasteiger partial charge in [-0.1, -0.05) is 126 Å². The van der Waals surface area contributed by atoms with Gasteiger partial charge in [-0.2, -0.15) is 0 Å². The quantitative estimate of drug-likeness (QED) is 0.181. The van der Waals surface area contributed by atoms with Gasteiger partial charge in [-0.05, 0) is 93.0 Å². The zero-order chi connectivity index (χ0) is 41.8. The van der Waals surface area contributed by atoms with E-state index in [4.69, 9.17) is 8.83 Å². The first kappa shape index (κ1) is 35.9. The molecule has 0 fully saturated rings. The molecule has 4 nitrogen and oxygen atoms in total. The highest BCUT2D eigenvalue weighted by Crippen LogP contribution is 2.46. The summed E-state index contributed by atoms with van der Waals surface area (Å²) in [5, 5.41) is 13.6. The number of rotatable bonds is 3. The van der Waals surface area contributed by atoms with E-state index in [1.54, 1.807) is 0 Å². The molecule has 0 aliphatic carbocycles. The molecule has 1 aliphatic heterocycles. The lowest BCUT2D eigenvalue weighted by Crippen LogP contribution is -2.37. The van der Waals surface area contributed by atoms with Gasteiger partial charge < -0.3 is 18.7 Å². The Morgan fingerprint density at radius 1 is 0.516 bits per heavy atom. The van der Waals surface area contributed by atoms with E-state index >= 15 is 0 Å². The lowest BCUT2D eigenvalue weighted by Gasteiger charge is -2.24. The van der Waals surface area contributed by atoms with Crippen LogP contribution in [0.15, 0.2) is 148 Å². The van der Waals surface area contributed by atoms with E-state index < -0.39 is 0 Å². The minimum absolute atomic E-state index is 0.00624. The lowest BCUT2D eigenvalue weighted by atomic mass is 9.59. The second-order valence-corrected chi connectivity index (χ2v) is 20.5. The van der Waals surface area contributed by atoms with Gasteiger partial charge >= 0.3 is 0 Å². The number of anilines is 2. The second kappa shape index (κ2) is 12.4. The van der Waals surface area contributed by atoms with Crippen molar-refractivity contribution in [2.24, 2.45) is 0 Å². The Balaban J connectivity index is 1.12. The van der Waals surface area contributed by atoms with Crippen LogP contribution in [0.1, 0.15) is 52.7 Å². The average molecular weight is 819 g/mol. The predicted molar refractivity (Wildman–Crippen MR) is 267 cm³/mol. The summed E-state index contributed by atoms with van der Waals surface area (Å²) in [5.41, 5.74) is 17.0. The monoisotopic (exact) mass is 818 g/mol. The van der Waals surface area contributed by atoms with Crippen molar-refractivity contribution >= 4 is 127 Å². The van der Waals surface area contributed by atoms with Crippen LogP contribution in [0.3, 0.4) is 0 Å². The molecule has 0 radical (unpaired) electrons. The Hall–Kier alpha value is -6.76. The van der Waals surface area contributed by atoms with Crippen LogP contribution >= 0.6 is 11.3 Å². The molecule has 0 saturated carbocycles. The fourth-order valence-electron chi connectivity index (χ4n) is 10.3. The molecule has 0 atom stereocenters. The third-order valence-corrected chi connectivity index (χ3v) is 14.7. The highest BCUT2D eigenvalue weighted by Gasteiger charge is 2.30. The van der Waals surface area contributed by atoms with E-state index in [1.807, 2.05) is 11.3 Å². The van der Waals surface area contributed by atoms with Crippen molar-refractivity contribution < 1.29 is 8.83 Å². The number of para-hydroxylation sites is 1. The van der Waals surface area contributed by atoms with E-state index in [0.717, 1.165) is 62.7 Å². The van der Waals surface area contributed by atoms with Gasteiger partial charge in [0.05, 0.1) is 11.2 Å². The van der Waals surface area contributed by atoms with Gasteiger partial charge in [-0.25, -0.2) is 0 Å². The molecule has 5 heterocycles. The van der Waals surface area contributed by atoms with Gasteiger partial charge in [0.1, 0.15) is 22.3 Å². The van der Waals surface area contributed by atoms with Gasteiger partial charge in [0.2, 0.25) is 0 Å². The summed E-state index contributed by atoms with van der Waals surface area (Å²) >= 11 is 1.88. The van der Waals surface area contributed by atoms with Crippen molar-refractivity contribution in [2.45, 2.75) is 52.4 Å².